The summed E-state index contributed by atoms with van der Waals surface area (Å²) in [4.78, 5) is 4.26. The van der Waals surface area contributed by atoms with Crippen LogP contribution in [0.15, 0.2) is 22.6 Å². The molecule has 0 amide bonds. The average molecular weight is 235 g/mol. The molecular weight excluding hydrogens is 222 g/mol. The van der Waals surface area contributed by atoms with Crippen molar-refractivity contribution in [2.45, 2.75) is 13.8 Å². The monoisotopic (exact) mass is 235 g/mol. The highest BCUT2D eigenvalue weighted by Gasteiger charge is 2.03. The molecule has 0 spiro atoms. The van der Waals surface area contributed by atoms with Gasteiger partial charge in [-0.25, -0.2) is 4.98 Å². The summed E-state index contributed by atoms with van der Waals surface area (Å²) in [6, 6.07) is 5.71. The van der Waals surface area contributed by atoms with E-state index in [4.69, 9.17) is 16.6 Å². The van der Waals surface area contributed by atoms with Crippen molar-refractivity contribution in [1.29, 1.82) is 0 Å². The third-order valence-corrected chi connectivity index (χ3v) is 2.34. The van der Waals surface area contributed by atoms with E-state index in [1.165, 1.54) is 0 Å². The van der Waals surface area contributed by atoms with Crippen molar-refractivity contribution < 1.29 is 4.42 Å². The molecule has 0 bridgehead atoms. The quantitative estimate of drug-likeness (QED) is 0.783. The van der Waals surface area contributed by atoms with Crippen LogP contribution in [0.4, 0.5) is 5.69 Å². The molecule has 1 heterocycles. The SMILES string of the molecule is CCNC(=S)Nc1ccc2oc(C)nc2c1. The van der Waals surface area contributed by atoms with Crippen molar-refractivity contribution in [3.8, 4) is 0 Å². The van der Waals surface area contributed by atoms with Crippen molar-refractivity contribution in [3.63, 3.8) is 0 Å². The molecule has 0 saturated carbocycles. The average Bonchev–Trinajstić information content (AvgIpc) is 2.57. The topological polar surface area (TPSA) is 50.1 Å². The van der Waals surface area contributed by atoms with Crippen molar-refractivity contribution in [2.24, 2.45) is 0 Å². The van der Waals surface area contributed by atoms with E-state index < -0.39 is 0 Å². The second-order valence-corrected chi connectivity index (χ2v) is 3.81. The number of nitrogens with one attached hydrogen (secondary N) is 2. The summed E-state index contributed by atoms with van der Waals surface area (Å²) in [7, 11) is 0. The van der Waals surface area contributed by atoms with Gasteiger partial charge < -0.3 is 15.1 Å². The molecule has 0 atom stereocenters. The zero-order valence-corrected chi connectivity index (χ0v) is 10.0. The number of aryl methyl sites for hydroxylation is 1. The van der Waals surface area contributed by atoms with Crippen LogP contribution >= 0.6 is 12.2 Å². The Labute approximate surface area is 99.0 Å². The maximum Gasteiger partial charge on any atom is 0.192 e. The normalized spacial score (nSPS) is 10.4. The van der Waals surface area contributed by atoms with E-state index in [1.807, 2.05) is 32.0 Å². The van der Waals surface area contributed by atoms with E-state index in [0.717, 1.165) is 23.3 Å². The Balaban J connectivity index is 2.22. The van der Waals surface area contributed by atoms with Crippen molar-refractivity contribution >= 4 is 34.1 Å². The number of benzene rings is 1. The second-order valence-electron chi connectivity index (χ2n) is 3.40. The molecule has 4 nitrogen and oxygen atoms in total. The van der Waals surface area contributed by atoms with Gasteiger partial charge in [-0.3, -0.25) is 0 Å². The third kappa shape index (κ3) is 2.30. The molecule has 2 rings (SSSR count). The number of fused-ring (bicyclic) bond motifs is 1. The minimum absolute atomic E-state index is 0.613. The molecule has 1 aromatic heterocycles. The van der Waals surface area contributed by atoms with Gasteiger partial charge in [0.05, 0.1) is 0 Å². The Morgan fingerprint density at radius 1 is 1.50 bits per heavy atom. The minimum atomic E-state index is 0.613. The molecule has 2 N–H and O–H groups in total. The third-order valence-electron chi connectivity index (χ3n) is 2.09. The molecule has 0 aliphatic carbocycles. The van der Waals surface area contributed by atoms with Crippen LogP contribution in [0.5, 0.6) is 0 Å². The Morgan fingerprint density at radius 3 is 3.06 bits per heavy atom. The zero-order chi connectivity index (χ0) is 11.5. The second kappa shape index (κ2) is 4.49. The summed E-state index contributed by atoms with van der Waals surface area (Å²) < 4.78 is 5.39. The largest absolute Gasteiger partial charge is 0.441 e. The summed E-state index contributed by atoms with van der Waals surface area (Å²) in [6.45, 7) is 4.63. The van der Waals surface area contributed by atoms with Gasteiger partial charge in [-0.05, 0) is 37.3 Å². The lowest BCUT2D eigenvalue weighted by molar-refractivity contribution is 0.561. The Morgan fingerprint density at radius 2 is 2.31 bits per heavy atom. The van der Waals surface area contributed by atoms with E-state index in [9.17, 15) is 0 Å². The molecule has 0 radical (unpaired) electrons. The van der Waals surface area contributed by atoms with Crippen LogP contribution in [-0.4, -0.2) is 16.6 Å². The van der Waals surface area contributed by atoms with Crippen LogP contribution in [0.2, 0.25) is 0 Å². The minimum Gasteiger partial charge on any atom is -0.441 e. The summed E-state index contributed by atoms with van der Waals surface area (Å²) in [6.07, 6.45) is 0. The number of nitrogens with zero attached hydrogens (tertiary/aromatic N) is 1. The van der Waals surface area contributed by atoms with Crippen molar-refractivity contribution in [3.05, 3.63) is 24.1 Å². The van der Waals surface area contributed by atoms with Gasteiger partial charge in [0.25, 0.3) is 0 Å². The summed E-state index contributed by atoms with van der Waals surface area (Å²) in [5.41, 5.74) is 2.53. The molecule has 16 heavy (non-hydrogen) atoms. The Hall–Kier alpha value is -1.62. The predicted octanol–water partition coefficient (Wildman–Crippen LogP) is 2.44. The number of oxazole rings is 1. The molecule has 2 aromatic rings. The van der Waals surface area contributed by atoms with Gasteiger partial charge in [-0.15, -0.1) is 0 Å². The molecular formula is C11H13N3OS. The Kier molecular flexibility index (Phi) is 3.05. The first-order chi connectivity index (χ1) is 7.69. The summed E-state index contributed by atoms with van der Waals surface area (Å²) >= 11 is 5.10. The van der Waals surface area contributed by atoms with Gasteiger partial charge in [-0.1, -0.05) is 0 Å². The van der Waals surface area contributed by atoms with E-state index in [1.54, 1.807) is 0 Å². The van der Waals surface area contributed by atoms with Crippen molar-refractivity contribution in [2.75, 3.05) is 11.9 Å². The standard InChI is InChI=1S/C11H13N3OS/c1-3-12-11(16)14-8-4-5-10-9(6-8)13-7(2)15-10/h4-6H,3H2,1-2H3,(H2,12,14,16). The molecule has 0 fully saturated rings. The number of anilines is 1. The van der Waals surface area contributed by atoms with Crippen molar-refractivity contribution in [1.82, 2.24) is 10.3 Å². The van der Waals surface area contributed by atoms with E-state index in [0.29, 0.717) is 11.0 Å². The smallest absolute Gasteiger partial charge is 0.192 e. The first-order valence-electron chi connectivity index (χ1n) is 5.11. The van der Waals surface area contributed by atoms with Crippen LogP contribution in [0, 0.1) is 6.92 Å². The van der Waals surface area contributed by atoms with E-state index in [2.05, 4.69) is 15.6 Å². The van der Waals surface area contributed by atoms with Gasteiger partial charge in [0.2, 0.25) is 0 Å². The zero-order valence-electron chi connectivity index (χ0n) is 9.20. The highest BCUT2D eigenvalue weighted by molar-refractivity contribution is 7.80. The highest BCUT2D eigenvalue weighted by Crippen LogP contribution is 2.19. The van der Waals surface area contributed by atoms with Crippen LogP contribution in [0.25, 0.3) is 11.1 Å². The lowest BCUT2D eigenvalue weighted by Crippen LogP contribution is -2.27. The fraction of sp³-hybridized carbons (Fsp3) is 0.273. The summed E-state index contributed by atoms with van der Waals surface area (Å²) in [5.74, 6) is 0.668. The maximum absolute atomic E-state index is 5.39. The van der Waals surface area contributed by atoms with Crippen LogP contribution in [-0.2, 0) is 0 Å². The molecule has 0 aliphatic rings. The number of aromatic nitrogens is 1. The van der Waals surface area contributed by atoms with Crippen LogP contribution < -0.4 is 10.6 Å². The number of rotatable bonds is 2. The van der Waals surface area contributed by atoms with E-state index >= 15 is 0 Å². The first kappa shape index (κ1) is 10.9. The van der Waals surface area contributed by atoms with Gasteiger partial charge in [-0.2, -0.15) is 0 Å². The lowest BCUT2D eigenvalue weighted by atomic mass is 10.3. The predicted molar refractivity (Wildman–Crippen MR) is 68.6 cm³/mol. The maximum atomic E-state index is 5.39. The molecule has 84 valence electrons. The lowest BCUT2D eigenvalue weighted by Gasteiger charge is -2.07. The van der Waals surface area contributed by atoms with Gasteiger partial charge in [0.15, 0.2) is 16.6 Å². The van der Waals surface area contributed by atoms with Gasteiger partial charge in [0, 0.05) is 19.2 Å². The fourth-order valence-electron chi connectivity index (χ4n) is 1.46. The molecule has 1 aromatic carbocycles. The first-order valence-corrected chi connectivity index (χ1v) is 5.52. The van der Waals surface area contributed by atoms with Gasteiger partial charge >= 0.3 is 0 Å². The molecule has 0 unspecified atom stereocenters. The number of hydrogen-bond donors (Lipinski definition) is 2. The van der Waals surface area contributed by atoms with Gasteiger partial charge in [0.1, 0.15) is 5.52 Å². The molecule has 0 saturated heterocycles. The number of thiocarbonyl (C=S) groups is 1. The van der Waals surface area contributed by atoms with E-state index in [-0.39, 0.29) is 0 Å². The van der Waals surface area contributed by atoms with Crippen LogP contribution in [0.3, 0.4) is 0 Å². The highest BCUT2D eigenvalue weighted by atomic mass is 32.1. The number of hydrogen-bond acceptors (Lipinski definition) is 3. The summed E-state index contributed by atoms with van der Waals surface area (Å²) in [5, 5.41) is 6.72. The molecule has 0 aliphatic heterocycles. The fourth-order valence-corrected chi connectivity index (χ4v) is 1.72. The van der Waals surface area contributed by atoms with Crippen LogP contribution in [0.1, 0.15) is 12.8 Å². The molecule has 5 heteroatoms. The Bertz CT molecular complexity index is 521.